The molecule has 0 spiro atoms. The van der Waals surface area contributed by atoms with Gasteiger partial charge in [0.2, 0.25) is 0 Å². The van der Waals surface area contributed by atoms with Crippen LogP contribution in [0, 0.1) is 0 Å². The molecule has 7 heteroatoms. The first-order valence-electron chi connectivity index (χ1n) is 6.99. The van der Waals surface area contributed by atoms with Gasteiger partial charge in [-0.3, -0.25) is 9.59 Å². The number of amides is 2. The number of halogens is 3. The standard InChI is InChI=1S/C17H15F3N2O2/c1-22(2)16(24)12-4-3-5-14(10-12)21-15(23)11-6-8-13(9-7-11)17(18,19)20/h3-10H,1-2H3,(H,21,23). The molecule has 1 N–H and O–H groups in total. The monoisotopic (exact) mass is 336 g/mol. The van der Waals surface area contributed by atoms with Gasteiger partial charge in [0.1, 0.15) is 0 Å². The van der Waals surface area contributed by atoms with Gasteiger partial charge in [0.25, 0.3) is 11.8 Å². The Morgan fingerprint density at radius 1 is 0.958 bits per heavy atom. The Kier molecular flexibility index (Phi) is 4.92. The number of anilines is 1. The third-order valence-corrected chi connectivity index (χ3v) is 3.25. The van der Waals surface area contributed by atoms with Crippen molar-refractivity contribution in [3.8, 4) is 0 Å². The molecule has 0 atom stereocenters. The van der Waals surface area contributed by atoms with Crippen LogP contribution in [0.2, 0.25) is 0 Å². The highest BCUT2D eigenvalue weighted by atomic mass is 19.4. The number of carbonyl (C=O) groups excluding carboxylic acids is 2. The lowest BCUT2D eigenvalue weighted by atomic mass is 10.1. The Labute approximate surface area is 136 Å². The Balaban J connectivity index is 2.15. The highest BCUT2D eigenvalue weighted by Gasteiger charge is 2.30. The molecule has 0 bridgehead atoms. The van der Waals surface area contributed by atoms with Crippen LogP contribution in [0.15, 0.2) is 48.5 Å². The first-order chi connectivity index (χ1) is 11.2. The summed E-state index contributed by atoms with van der Waals surface area (Å²) in [4.78, 5) is 25.4. The van der Waals surface area contributed by atoms with Crippen molar-refractivity contribution < 1.29 is 22.8 Å². The van der Waals surface area contributed by atoms with Crippen molar-refractivity contribution in [2.75, 3.05) is 19.4 Å². The molecule has 0 aromatic heterocycles. The van der Waals surface area contributed by atoms with E-state index in [0.29, 0.717) is 11.3 Å². The number of rotatable bonds is 3. The van der Waals surface area contributed by atoms with Gasteiger partial charge in [0.05, 0.1) is 5.56 Å². The first-order valence-corrected chi connectivity index (χ1v) is 6.99. The lowest BCUT2D eigenvalue weighted by Crippen LogP contribution is -2.22. The Morgan fingerprint density at radius 2 is 1.58 bits per heavy atom. The van der Waals surface area contributed by atoms with E-state index in [0.717, 1.165) is 24.3 Å². The maximum absolute atomic E-state index is 12.5. The van der Waals surface area contributed by atoms with Crippen molar-refractivity contribution in [3.63, 3.8) is 0 Å². The van der Waals surface area contributed by atoms with Crippen LogP contribution in [0.4, 0.5) is 18.9 Å². The van der Waals surface area contributed by atoms with Crippen molar-refractivity contribution in [1.82, 2.24) is 4.90 Å². The zero-order valence-electron chi connectivity index (χ0n) is 13.0. The summed E-state index contributed by atoms with van der Waals surface area (Å²) in [6, 6.07) is 10.2. The van der Waals surface area contributed by atoms with E-state index in [2.05, 4.69) is 5.32 Å². The third-order valence-electron chi connectivity index (χ3n) is 3.25. The molecule has 0 aliphatic heterocycles. The fraction of sp³-hybridized carbons (Fsp3) is 0.176. The van der Waals surface area contributed by atoms with E-state index in [-0.39, 0.29) is 11.5 Å². The number of benzene rings is 2. The normalized spacial score (nSPS) is 11.0. The van der Waals surface area contributed by atoms with E-state index in [1.165, 1.54) is 11.0 Å². The molecule has 0 fully saturated rings. The number of nitrogens with one attached hydrogen (secondary N) is 1. The molecule has 0 radical (unpaired) electrons. The van der Waals surface area contributed by atoms with Crippen LogP contribution in [-0.4, -0.2) is 30.8 Å². The van der Waals surface area contributed by atoms with Crippen LogP contribution in [0.3, 0.4) is 0 Å². The second kappa shape index (κ2) is 6.74. The molecule has 0 saturated heterocycles. The number of carbonyl (C=O) groups is 2. The van der Waals surface area contributed by atoms with E-state index in [4.69, 9.17) is 0 Å². The summed E-state index contributed by atoms with van der Waals surface area (Å²) < 4.78 is 37.5. The van der Waals surface area contributed by atoms with E-state index in [1.54, 1.807) is 32.3 Å². The van der Waals surface area contributed by atoms with Gasteiger partial charge in [-0.2, -0.15) is 13.2 Å². The molecule has 2 aromatic carbocycles. The second-order valence-electron chi connectivity index (χ2n) is 5.31. The minimum atomic E-state index is -4.45. The molecule has 2 aromatic rings. The molecule has 4 nitrogen and oxygen atoms in total. The van der Waals surface area contributed by atoms with Crippen LogP contribution in [-0.2, 0) is 6.18 Å². The lowest BCUT2D eigenvalue weighted by molar-refractivity contribution is -0.137. The van der Waals surface area contributed by atoms with E-state index >= 15 is 0 Å². The molecule has 24 heavy (non-hydrogen) atoms. The van der Waals surface area contributed by atoms with Gasteiger partial charge in [0, 0.05) is 30.9 Å². The zero-order valence-corrected chi connectivity index (χ0v) is 13.0. The molecular weight excluding hydrogens is 321 g/mol. The van der Waals surface area contributed by atoms with Crippen molar-refractivity contribution in [2.24, 2.45) is 0 Å². The summed E-state index contributed by atoms with van der Waals surface area (Å²) in [6.07, 6.45) is -4.45. The topological polar surface area (TPSA) is 49.4 Å². The quantitative estimate of drug-likeness (QED) is 0.930. The van der Waals surface area contributed by atoms with Crippen LogP contribution in [0.5, 0.6) is 0 Å². The predicted molar refractivity (Wildman–Crippen MR) is 83.9 cm³/mol. The van der Waals surface area contributed by atoms with Crippen molar-refractivity contribution >= 4 is 17.5 Å². The molecule has 0 aliphatic rings. The van der Waals surface area contributed by atoms with Crippen LogP contribution in [0.25, 0.3) is 0 Å². The van der Waals surface area contributed by atoms with Gasteiger partial charge in [-0.05, 0) is 42.5 Å². The van der Waals surface area contributed by atoms with Gasteiger partial charge < -0.3 is 10.2 Å². The van der Waals surface area contributed by atoms with E-state index in [1.807, 2.05) is 0 Å². The third kappa shape index (κ3) is 4.13. The predicted octanol–water partition coefficient (Wildman–Crippen LogP) is 3.66. The van der Waals surface area contributed by atoms with Crippen LogP contribution in [0.1, 0.15) is 26.3 Å². The number of hydrogen-bond acceptors (Lipinski definition) is 2. The maximum Gasteiger partial charge on any atom is 0.416 e. The lowest BCUT2D eigenvalue weighted by Gasteiger charge is -2.12. The van der Waals surface area contributed by atoms with Crippen LogP contribution < -0.4 is 5.32 Å². The molecule has 2 amide bonds. The minimum absolute atomic E-state index is 0.0901. The molecule has 0 aliphatic carbocycles. The average Bonchev–Trinajstić information content (AvgIpc) is 2.53. The molecule has 0 saturated carbocycles. The van der Waals surface area contributed by atoms with Gasteiger partial charge in [-0.25, -0.2) is 0 Å². The summed E-state index contributed by atoms with van der Waals surface area (Å²) >= 11 is 0. The number of nitrogens with zero attached hydrogens (tertiary/aromatic N) is 1. The van der Waals surface area contributed by atoms with Gasteiger partial charge in [0.15, 0.2) is 0 Å². The summed E-state index contributed by atoms with van der Waals surface area (Å²) in [5.74, 6) is -0.779. The van der Waals surface area contributed by atoms with E-state index < -0.39 is 17.6 Å². The minimum Gasteiger partial charge on any atom is -0.345 e. The summed E-state index contributed by atoms with van der Waals surface area (Å²) in [6.45, 7) is 0. The van der Waals surface area contributed by atoms with Crippen molar-refractivity contribution in [1.29, 1.82) is 0 Å². The molecule has 0 unspecified atom stereocenters. The molecule has 126 valence electrons. The van der Waals surface area contributed by atoms with Crippen molar-refractivity contribution in [3.05, 3.63) is 65.2 Å². The SMILES string of the molecule is CN(C)C(=O)c1cccc(NC(=O)c2ccc(C(F)(F)F)cc2)c1. The van der Waals surface area contributed by atoms with Crippen LogP contribution >= 0.6 is 0 Å². The van der Waals surface area contributed by atoms with E-state index in [9.17, 15) is 22.8 Å². The highest BCUT2D eigenvalue weighted by molar-refractivity contribution is 6.05. The maximum atomic E-state index is 12.5. The number of hydrogen-bond donors (Lipinski definition) is 1. The average molecular weight is 336 g/mol. The largest absolute Gasteiger partial charge is 0.416 e. The van der Waals surface area contributed by atoms with Gasteiger partial charge >= 0.3 is 6.18 Å². The second-order valence-corrected chi connectivity index (χ2v) is 5.31. The first kappa shape index (κ1) is 17.5. The summed E-state index contributed by atoms with van der Waals surface area (Å²) in [5.41, 5.74) is 0.0442. The van der Waals surface area contributed by atoms with Gasteiger partial charge in [-0.1, -0.05) is 6.07 Å². The Bertz CT molecular complexity index is 753. The highest BCUT2D eigenvalue weighted by Crippen LogP contribution is 2.29. The Hall–Kier alpha value is -2.83. The van der Waals surface area contributed by atoms with Crippen molar-refractivity contribution in [2.45, 2.75) is 6.18 Å². The fourth-order valence-electron chi connectivity index (χ4n) is 2.00. The van der Waals surface area contributed by atoms with Gasteiger partial charge in [-0.15, -0.1) is 0 Å². The summed E-state index contributed by atoms with van der Waals surface area (Å²) in [5, 5.41) is 2.56. The summed E-state index contributed by atoms with van der Waals surface area (Å²) in [7, 11) is 3.21. The molecular formula is C17H15F3N2O2. The Morgan fingerprint density at radius 3 is 2.12 bits per heavy atom. The molecule has 0 heterocycles. The molecule has 2 rings (SSSR count). The zero-order chi connectivity index (χ0) is 17.9. The number of alkyl halides is 3. The smallest absolute Gasteiger partial charge is 0.345 e. The fourth-order valence-corrected chi connectivity index (χ4v) is 2.00.